The van der Waals surface area contributed by atoms with Gasteiger partial charge in [-0.05, 0) is 55.0 Å². The lowest BCUT2D eigenvalue weighted by Gasteiger charge is -2.14. The maximum atomic E-state index is 12.5. The third-order valence-corrected chi connectivity index (χ3v) is 4.29. The molecule has 0 bridgehead atoms. The van der Waals surface area contributed by atoms with E-state index in [4.69, 9.17) is 14.7 Å². The Hall–Kier alpha value is -3.66. The smallest absolute Gasteiger partial charge is 0.344 e. The monoisotopic (exact) mass is 378 g/mol. The van der Waals surface area contributed by atoms with Gasteiger partial charge in [-0.3, -0.25) is 9.59 Å². The lowest BCUT2D eigenvalue weighted by atomic mass is 10.1. The molecule has 1 aliphatic heterocycles. The van der Waals surface area contributed by atoms with E-state index in [-0.39, 0.29) is 31.4 Å². The third-order valence-electron chi connectivity index (χ3n) is 4.29. The highest BCUT2D eigenvalue weighted by molar-refractivity contribution is 6.04. The number of hydrogen-bond donors (Lipinski definition) is 0. The van der Waals surface area contributed by atoms with Crippen molar-refractivity contribution in [1.82, 2.24) is 4.90 Å². The van der Waals surface area contributed by atoms with Crippen molar-refractivity contribution in [3.05, 3.63) is 64.7 Å². The summed E-state index contributed by atoms with van der Waals surface area (Å²) in [5, 5.41) is 8.97. The van der Waals surface area contributed by atoms with Crippen LogP contribution in [0.3, 0.4) is 0 Å². The number of ketones is 1. The number of fused-ring (bicyclic) bond motifs is 1. The average molecular weight is 378 g/mol. The van der Waals surface area contributed by atoms with Crippen molar-refractivity contribution in [2.45, 2.75) is 13.5 Å². The molecule has 2 aromatic rings. The maximum absolute atomic E-state index is 12.5. The fourth-order valence-electron chi connectivity index (χ4n) is 2.92. The molecule has 28 heavy (non-hydrogen) atoms. The summed E-state index contributed by atoms with van der Waals surface area (Å²) in [6, 6.07) is 13.3. The number of carbonyl (C=O) groups excluding carboxylic acids is 3. The summed E-state index contributed by atoms with van der Waals surface area (Å²) in [5.74, 6) is -0.451. The molecule has 0 N–H and O–H groups in total. The first kappa shape index (κ1) is 19.1. The van der Waals surface area contributed by atoms with E-state index in [0.29, 0.717) is 29.0 Å². The average Bonchev–Trinajstić information content (AvgIpc) is 3.01. The van der Waals surface area contributed by atoms with Crippen molar-refractivity contribution in [3.63, 3.8) is 0 Å². The minimum absolute atomic E-state index is 0.0571. The molecule has 0 saturated carbocycles. The van der Waals surface area contributed by atoms with E-state index in [9.17, 15) is 14.4 Å². The topological polar surface area (TPSA) is 96.7 Å². The third kappa shape index (κ3) is 4.18. The number of hydrogen-bond acceptors (Lipinski definition) is 6. The van der Waals surface area contributed by atoms with Crippen molar-refractivity contribution < 1.29 is 23.9 Å². The van der Waals surface area contributed by atoms with Gasteiger partial charge < -0.3 is 14.4 Å². The van der Waals surface area contributed by atoms with Crippen LogP contribution >= 0.6 is 0 Å². The van der Waals surface area contributed by atoms with E-state index in [2.05, 4.69) is 0 Å². The minimum Gasteiger partial charge on any atom is -0.482 e. The summed E-state index contributed by atoms with van der Waals surface area (Å²) in [7, 11) is 0. The Labute approximate surface area is 162 Å². The first-order chi connectivity index (χ1) is 13.5. The lowest BCUT2D eigenvalue weighted by Crippen LogP contribution is -2.30. The minimum atomic E-state index is -0.464. The number of Topliss-reactive ketones (excluding diaryl/α,β-unsaturated/α-hetero) is 1. The fraction of sp³-hybridized carbons (Fsp3) is 0.238. The highest BCUT2D eigenvalue weighted by atomic mass is 16.6. The zero-order chi connectivity index (χ0) is 20.1. The number of rotatable bonds is 7. The fourth-order valence-corrected chi connectivity index (χ4v) is 2.92. The van der Waals surface area contributed by atoms with Gasteiger partial charge in [-0.1, -0.05) is 0 Å². The van der Waals surface area contributed by atoms with Crippen molar-refractivity contribution in [2.24, 2.45) is 0 Å². The van der Waals surface area contributed by atoms with Gasteiger partial charge in [0.15, 0.2) is 12.4 Å². The van der Waals surface area contributed by atoms with Crippen LogP contribution in [0.15, 0.2) is 42.5 Å². The van der Waals surface area contributed by atoms with Crippen LogP contribution in [-0.2, 0) is 16.1 Å². The summed E-state index contributed by atoms with van der Waals surface area (Å²) in [4.78, 5) is 37.7. The molecule has 0 radical (unpaired) electrons. The van der Waals surface area contributed by atoms with E-state index in [1.807, 2.05) is 6.07 Å². The first-order valence-electron chi connectivity index (χ1n) is 8.75. The van der Waals surface area contributed by atoms with Gasteiger partial charge in [-0.2, -0.15) is 5.26 Å². The molecular weight excluding hydrogens is 360 g/mol. The number of ether oxygens (including phenoxy) is 2. The van der Waals surface area contributed by atoms with E-state index in [1.54, 1.807) is 49.4 Å². The van der Waals surface area contributed by atoms with Gasteiger partial charge in [-0.15, -0.1) is 0 Å². The number of nitriles is 1. The van der Waals surface area contributed by atoms with Crippen molar-refractivity contribution in [3.8, 4) is 11.8 Å². The molecule has 3 rings (SSSR count). The van der Waals surface area contributed by atoms with E-state index >= 15 is 0 Å². The molecule has 0 atom stereocenters. The number of nitrogens with zero attached hydrogens (tertiary/aromatic N) is 2. The number of amides is 1. The Bertz CT molecular complexity index is 960. The second-order valence-electron chi connectivity index (χ2n) is 6.19. The Morgan fingerprint density at radius 3 is 2.61 bits per heavy atom. The Kier molecular flexibility index (Phi) is 5.70. The van der Waals surface area contributed by atoms with Crippen molar-refractivity contribution in [2.75, 3.05) is 19.8 Å². The van der Waals surface area contributed by atoms with Gasteiger partial charge >= 0.3 is 5.97 Å². The zero-order valence-electron chi connectivity index (χ0n) is 15.3. The highest BCUT2D eigenvalue weighted by Gasteiger charge is 2.29. The molecule has 0 unspecified atom stereocenters. The van der Waals surface area contributed by atoms with Crippen LogP contribution < -0.4 is 4.74 Å². The van der Waals surface area contributed by atoms with Crippen LogP contribution in [-0.4, -0.2) is 42.3 Å². The molecule has 1 heterocycles. The summed E-state index contributed by atoms with van der Waals surface area (Å²) in [6.07, 6.45) is 0. The predicted octanol–water partition coefficient (Wildman–Crippen LogP) is 2.34. The Morgan fingerprint density at radius 2 is 1.93 bits per heavy atom. The summed E-state index contributed by atoms with van der Waals surface area (Å²) >= 11 is 0. The first-order valence-corrected chi connectivity index (χ1v) is 8.75. The van der Waals surface area contributed by atoms with Crippen molar-refractivity contribution in [1.29, 1.82) is 5.26 Å². The van der Waals surface area contributed by atoms with Gasteiger partial charge in [0.2, 0.25) is 0 Å². The standard InChI is InChI=1S/C21H18N2O5/c1-2-27-20(25)13-28-17-6-4-15(5-7-17)19(24)12-23-11-16-9-14(10-22)3-8-18(16)21(23)26/h3-9H,2,11-13H2,1H3. The second kappa shape index (κ2) is 8.35. The second-order valence-corrected chi connectivity index (χ2v) is 6.19. The molecule has 0 fully saturated rings. The highest BCUT2D eigenvalue weighted by Crippen LogP contribution is 2.24. The van der Waals surface area contributed by atoms with E-state index < -0.39 is 5.97 Å². The van der Waals surface area contributed by atoms with Gasteiger partial charge in [-0.25, -0.2) is 4.79 Å². The van der Waals surface area contributed by atoms with Gasteiger partial charge in [0.25, 0.3) is 5.91 Å². The Balaban J connectivity index is 1.60. The van der Waals surface area contributed by atoms with Gasteiger partial charge in [0.1, 0.15) is 5.75 Å². The number of carbonyl (C=O) groups is 3. The van der Waals surface area contributed by atoms with Gasteiger partial charge in [0, 0.05) is 17.7 Å². The van der Waals surface area contributed by atoms with Crippen LogP contribution in [0, 0.1) is 11.3 Å². The SMILES string of the molecule is CCOC(=O)COc1ccc(C(=O)CN2Cc3cc(C#N)ccc3C2=O)cc1. The normalized spacial score (nSPS) is 12.3. The lowest BCUT2D eigenvalue weighted by molar-refractivity contribution is -0.145. The molecule has 1 amide bonds. The van der Waals surface area contributed by atoms with Gasteiger partial charge in [0.05, 0.1) is 24.8 Å². The Morgan fingerprint density at radius 1 is 1.18 bits per heavy atom. The van der Waals surface area contributed by atoms with E-state index in [0.717, 1.165) is 5.56 Å². The molecule has 2 aromatic carbocycles. The quantitative estimate of drug-likeness (QED) is 0.542. The molecule has 1 aliphatic rings. The maximum Gasteiger partial charge on any atom is 0.344 e. The predicted molar refractivity (Wildman–Crippen MR) is 98.8 cm³/mol. The molecule has 0 saturated heterocycles. The van der Waals surface area contributed by atoms with Crippen LogP contribution in [0.2, 0.25) is 0 Å². The van der Waals surface area contributed by atoms with Crippen molar-refractivity contribution >= 4 is 17.7 Å². The number of esters is 1. The summed E-state index contributed by atoms with van der Waals surface area (Å²) in [5.41, 5.74) is 2.19. The summed E-state index contributed by atoms with van der Waals surface area (Å²) in [6.45, 7) is 2.04. The molecule has 7 heteroatoms. The van der Waals surface area contributed by atoms with Crippen LogP contribution in [0.4, 0.5) is 0 Å². The largest absolute Gasteiger partial charge is 0.482 e. The molecule has 7 nitrogen and oxygen atoms in total. The molecule has 142 valence electrons. The molecule has 0 aromatic heterocycles. The van der Waals surface area contributed by atoms with Crippen LogP contribution in [0.5, 0.6) is 5.75 Å². The number of benzene rings is 2. The zero-order valence-corrected chi connectivity index (χ0v) is 15.3. The van der Waals surface area contributed by atoms with Crippen LogP contribution in [0.25, 0.3) is 0 Å². The molecular formula is C21H18N2O5. The molecule has 0 spiro atoms. The summed E-state index contributed by atoms with van der Waals surface area (Å²) < 4.78 is 10.1. The van der Waals surface area contributed by atoms with E-state index in [1.165, 1.54) is 4.90 Å². The van der Waals surface area contributed by atoms with Crippen LogP contribution in [0.1, 0.15) is 38.8 Å². The molecule has 0 aliphatic carbocycles.